The Labute approximate surface area is 271 Å². The van der Waals surface area contributed by atoms with Gasteiger partial charge in [0.2, 0.25) is 0 Å². The number of aromatic carboxylic acids is 2. The number of nitrogens with one attached hydrogen (secondary N) is 4. The number of azo groups is 2. The molecule has 2 aromatic heterocycles. The third-order valence-electron chi connectivity index (χ3n) is 5.46. The molecule has 4 aromatic rings. The molecule has 8 N–H and O–H groups in total. The van der Waals surface area contributed by atoms with E-state index < -0.39 is 75.8 Å². The van der Waals surface area contributed by atoms with Gasteiger partial charge in [-0.15, -0.1) is 10.2 Å². The molecule has 20 nitrogen and oxygen atoms in total. The van der Waals surface area contributed by atoms with Crippen LogP contribution in [0.2, 0.25) is 0 Å². The molecule has 45 heavy (non-hydrogen) atoms. The number of carbonyl (C=O) groups is 2. The van der Waals surface area contributed by atoms with Gasteiger partial charge in [-0.1, -0.05) is 24.3 Å². The summed E-state index contributed by atoms with van der Waals surface area (Å²) in [5.74, 6) is -3.06. The zero-order valence-electron chi connectivity index (χ0n) is 22.3. The van der Waals surface area contributed by atoms with Crippen LogP contribution in [0, 0.1) is 0 Å². The summed E-state index contributed by atoms with van der Waals surface area (Å²) in [5, 5.41) is 40.7. The Morgan fingerprint density at radius 1 is 0.622 bits per heavy atom. The van der Waals surface area contributed by atoms with E-state index >= 15 is 0 Å². The second-order valence-corrected chi connectivity index (χ2v) is 11.1. The number of benzene rings is 2. The first-order valence-corrected chi connectivity index (χ1v) is 14.3. The summed E-state index contributed by atoms with van der Waals surface area (Å²) >= 11 is 0. The average molecular weight is 672 g/mol. The fourth-order valence-electron chi connectivity index (χ4n) is 3.49. The van der Waals surface area contributed by atoms with Crippen LogP contribution in [0.5, 0.6) is 0 Å². The molecule has 0 saturated carbocycles. The van der Waals surface area contributed by atoms with Crippen molar-refractivity contribution in [1.29, 1.82) is 0 Å². The molecule has 0 unspecified atom stereocenters. The number of carboxylic acid groups (broad SMARTS) is 2. The molecule has 0 aliphatic heterocycles. The normalized spacial score (nSPS) is 12.2. The van der Waals surface area contributed by atoms with Crippen molar-refractivity contribution in [2.24, 2.45) is 20.5 Å². The zero-order chi connectivity index (χ0) is 32.4. The van der Waals surface area contributed by atoms with Gasteiger partial charge in [0.1, 0.15) is 9.79 Å². The van der Waals surface area contributed by atoms with E-state index in [1.54, 1.807) is 0 Å². The first-order valence-electron chi connectivity index (χ1n) is 11.4. The minimum atomic E-state index is -4.94. The second-order valence-electron chi connectivity index (χ2n) is 8.34. The van der Waals surface area contributed by atoms with Crippen LogP contribution in [0.25, 0.3) is 12.2 Å². The fraction of sp³-hybridized carbons (Fsp3) is 0. The van der Waals surface area contributed by atoms with Crippen LogP contribution < -0.4 is 11.1 Å². The van der Waals surface area contributed by atoms with Crippen LogP contribution in [-0.2, 0) is 20.2 Å². The van der Waals surface area contributed by atoms with Gasteiger partial charge in [-0.05, 0) is 35.4 Å². The van der Waals surface area contributed by atoms with Crippen LogP contribution in [0.1, 0.15) is 32.1 Å². The number of nitrogens with zero attached hydrogens (tertiary/aromatic N) is 4. The van der Waals surface area contributed by atoms with E-state index in [9.17, 15) is 45.1 Å². The molecule has 0 saturated heterocycles. The standard InChI is InChI=1S/C22H16N8O12S2.Na/c31-19-15(17(21(33)34)27-29-19)25-23-11-5-3-9(13(7-11)43(37,38)39)1-2-10-4-6-12(8-14(10)44(40,41)42)24-26-16-18(22(35)36)28-30-20(16)32;/h1-8H,(H,33,34)(H,35,36)(H2,27,29,31)(H2,28,30,32)(H,37,38,39)(H,40,41,42);. The molecule has 2 aromatic carbocycles. The number of rotatable bonds is 10. The van der Waals surface area contributed by atoms with Gasteiger partial charge in [0.15, 0.2) is 22.8 Å². The Kier molecular flexibility index (Phi) is 10.3. The Morgan fingerprint density at radius 3 is 1.29 bits per heavy atom. The van der Waals surface area contributed by atoms with Crippen LogP contribution >= 0.6 is 0 Å². The SMILES string of the molecule is O=C(O)c1[nH][nH]c(=O)c1N=Nc1ccc(C=Cc2ccc(N=Nc3c(C(=O)O)[nH][nH]c3=O)cc2S(=O)(=O)O)c(S(=O)(=O)O)c1.[Na]. The van der Waals surface area contributed by atoms with E-state index in [1.165, 1.54) is 12.1 Å². The molecule has 23 heteroatoms. The van der Waals surface area contributed by atoms with Crippen molar-refractivity contribution in [3.63, 3.8) is 0 Å². The van der Waals surface area contributed by atoms with Crippen molar-refractivity contribution in [3.8, 4) is 0 Å². The third-order valence-corrected chi connectivity index (χ3v) is 7.28. The van der Waals surface area contributed by atoms with E-state index in [2.05, 4.69) is 30.7 Å². The summed E-state index contributed by atoms with van der Waals surface area (Å²) in [6.07, 6.45) is 2.13. The first kappa shape index (κ1) is 34.6. The molecule has 0 atom stereocenters. The molecule has 0 fully saturated rings. The molecular formula is C22H16N8NaO12S2. The van der Waals surface area contributed by atoms with Gasteiger partial charge in [0.05, 0.1) is 11.4 Å². The Bertz CT molecular complexity index is 2090. The molecule has 0 spiro atoms. The molecular weight excluding hydrogens is 655 g/mol. The second kappa shape index (κ2) is 13.4. The summed E-state index contributed by atoms with van der Waals surface area (Å²) in [6, 6.07) is 6.28. The van der Waals surface area contributed by atoms with Gasteiger partial charge in [0.25, 0.3) is 31.4 Å². The van der Waals surface area contributed by atoms with Crippen molar-refractivity contribution in [2.75, 3.05) is 0 Å². The Balaban J connectivity index is 0.00000552. The van der Waals surface area contributed by atoms with Crippen LogP contribution in [-0.4, -0.2) is 98.0 Å². The fourth-order valence-corrected chi connectivity index (χ4v) is 4.90. The Hall–Kier alpha value is -4.84. The van der Waals surface area contributed by atoms with E-state index in [0.29, 0.717) is 0 Å². The van der Waals surface area contributed by atoms with Gasteiger partial charge in [-0.2, -0.15) is 27.1 Å². The van der Waals surface area contributed by atoms with Gasteiger partial charge in [-0.3, -0.25) is 39.1 Å². The molecule has 4 rings (SSSR count). The molecule has 0 bridgehead atoms. The van der Waals surface area contributed by atoms with Crippen molar-refractivity contribution >= 4 is 96.6 Å². The number of hydrogen-bond acceptors (Lipinski definition) is 12. The number of hydrogen-bond donors (Lipinski definition) is 8. The van der Waals surface area contributed by atoms with E-state index in [4.69, 9.17) is 10.2 Å². The summed E-state index contributed by atoms with van der Waals surface area (Å²) in [4.78, 5) is 44.4. The van der Waals surface area contributed by atoms with E-state index in [1.807, 2.05) is 10.2 Å². The predicted octanol–water partition coefficient (Wildman–Crippen LogP) is 2.23. The summed E-state index contributed by atoms with van der Waals surface area (Å²) in [5.41, 5.74) is -5.16. The zero-order valence-corrected chi connectivity index (χ0v) is 25.9. The van der Waals surface area contributed by atoms with E-state index in [0.717, 1.165) is 36.4 Å². The first-order chi connectivity index (χ1) is 20.6. The van der Waals surface area contributed by atoms with Crippen LogP contribution in [0.15, 0.2) is 76.2 Å². The predicted molar refractivity (Wildman–Crippen MR) is 152 cm³/mol. The number of aromatic nitrogens is 4. The van der Waals surface area contributed by atoms with Crippen LogP contribution in [0.3, 0.4) is 0 Å². The molecule has 0 aliphatic carbocycles. The van der Waals surface area contributed by atoms with Gasteiger partial charge in [-0.25, -0.2) is 9.59 Å². The molecule has 1 radical (unpaired) electrons. The maximum Gasteiger partial charge on any atom is 0.356 e. The number of carboxylic acids is 2. The minimum Gasteiger partial charge on any atom is -0.476 e. The average Bonchev–Trinajstić information content (AvgIpc) is 3.50. The summed E-state index contributed by atoms with van der Waals surface area (Å²) in [7, 11) is -9.88. The molecule has 229 valence electrons. The third kappa shape index (κ3) is 8.01. The minimum absolute atomic E-state index is 0. The van der Waals surface area contributed by atoms with Crippen molar-refractivity contribution in [2.45, 2.75) is 9.79 Å². The smallest absolute Gasteiger partial charge is 0.356 e. The van der Waals surface area contributed by atoms with E-state index in [-0.39, 0.29) is 52.1 Å². The molecule has 0 aliphatic rings. The largest absolute Gasteiger partial charge is 0.476 e. The molecule has 2 heterocycles. The van der Waals surface area contributed by atoms with Crippen molar-refractivity contribution in [3.05, 3.63) is 79.6 Å². The summed E-state index contributed by atoms with van der Waals surface area (Å²) in [6.45, 7) is 0. The quantitative estimate of drug-likeness (QED) is 0.0521. The van der Waals surface area contributed by atoms with Gasteiger partial charge < -0.3 is 10.2 Å². The van der Waals surface area contributed by atoms with Crippen molar-refractivity contribution in [1.82, 2.24) is 20.4 Å². The monoisotopic (exact) mass is 671 g/mol. The molecule has 0 amide bonds. The number of H-pyrrole nitrogens is 4. The summed E-state index contributed by atoms with van der Waals surface area (Å²) < 4.78 is 67.8. The van der Waals surface area contributed by atoms with Crippen LogP contribution in [0.4, 0.5) is 22.7 Å². The van der Waals surface area contributed by atoms with Crippen molar-refractivity contribution < 1.29 is 45.7 Å². The number of aromatic amines is 4. The van der Waals surface area contributed by atoms with Gasteiger partial charge in [0, 0.05) is 29.6 Å². The van der Waals surface area contributed by atoms with Gasteiger partial charge >= 0.3 is 11.9 Å². The Morgan fingerprint density at radius 2 is 0.978 bits per heavy atom. The maximum atomic E-state index is 12.1. The topological polar surface area (TPSA) is 330 Å². The maximum absolute atomic E-state index is 12.1.